The minimum absolute atomic E-state index is 0.0104. The van der Waals surface area contributed by atoms with Crippen molar-refractivity contribution in [3.05, 3.63) is 62.9 Å². The number of rotatable bonds is 4. The second kappa shape index (κ2) is 6.07. The predicted octanol–water partition coefficient (Wildman–Crippen LogP) is 4.92. The molecule has 20 heavy (non-hydrogen) atoms. The third kappa shape index (κ3) is 3.18. The van der Waals surface area contributed by atoms with Gasteiger partial charge in [0.15, 0.2) is 11.6 Å². The molecule has 2 rings (SSSR count). The highest BCUT2D eigenvalue weighted by atomic mass is 35.5. The van der Waals surface area contributed by atoms with Gasteiger partial charge in [-0.25, -0.2) is 4.39 Å². The molecule has 0 aliphatic rings. The van der Waals surface area contributed by atoms with Crippen LogP contribution in [0.1, 0.15) is 5.56 Å². The predicted molar refractivity (Wildman–Crippen MR) is 74.1 cm³/mol. The van der Waals surface area contributed by atoms with Crippen molar-refractivity contribution in [2.75, 3.05) is 0 Å². The zero-order valence-electron chi connectivity index (χ0n) is 9.98. The molecule has 0 fully saturated rings. The van der Waals surface area contributed by atoms with E-state index in [1.165, 1.54) is 30.3 Å². The lowest BCUT2D eigenvalue weighted by Gasteiger charge is -2.08. The number of halogens is 3. The summed E-state index contributed by atoms with van der Waals surface area (Å²) in [6, 6.07) is 8.12. The number of hydrogen-bond donors (Lipinski definition) is 0. The molecule has 0 saturated carbocycles. The molecule has 0 heterocycles. The Kier molecular flexibility index (Phi) is 4.42. The van der Waals surface area contributed by atoms with E-state index in [4.69, 9.17) is 27.9 Å². The molecule has 0 saturated heterocycles. The van der Waals surface area contributed by atoms with Gasteiger partial charge in [0.1, 0.15) is 10.8 Å². The first-order chi connectivity index (χ1) is 9.51. The number of benzene rings is 2. The Hall–Kier alpha value is -1.85. The summed E-state index contributed by atoms with van der Waals surface area (Å²) in [5.41, 5.74) is 0.384. The molecule has 0 bridgehead atoms. The first-order valence-corrected chi connectivity index (χ1v) is 6.38. The summed E-state index contributed by atoms with van der Waals surface area (Å²) in [5.74, 6) is -0.180. The van der Waals surface area contributed by atoms with E-state index in [9.17, 15) is 14.5 Å². The van der Waals surface area contributed by atoms with Crippen molar-refractivity contribution in [3.63, 3.8) is 0 Å². The Morgan fingerprint density at radius 2 is 2.00 bits per heavy atom. The van der Waals surface area contributed by atoms with Crippen LogP contribution in [0, 0.1) is 15.9 Å². The highest BCUT2D eigenvalue weighted by molar-refractivity contribution is 6.32. The lowest BCUT2D eigenvalue weighted by Crippen LogP contribution is -1.92. The second-order valence-electron chi connectivity index (χ2n) is 3.87. The highest BCUT2D eigenvalue weighted by Gasteiger charge is 2.14. The van der Waals surface area contributed by atoms with Crippen LogP contribution in [0.3, 0.4) is 0 Å². The molecule has 2 aromatic carbocycles. The van der Waals surface area contributed by atoms with Crippen molar-refractivity contribution >= 4 is 28.9 Å². The van der Waals surface area contributed by atoms with Gasteiger partial charge in [0, 0.05) is 18.0 Å². The summed E-state index contributed by atoms with van der Waals surface area (Å²) < 4.78 is 19.0. The van der Waals surface area contributed by atoms with Crippen molar-refractivity contribution in [3.8, 4) is 11.5 Å². The SMILES string of the molecule is O=[N+]([O-])c1ccc(Oc2ccc(CCl)cc2F)cc1Cl. The van der Waals surface area contributed by atoms with Crippen molar-refractivity contribution < 1.29 is 14.1 Å². The number of nitro groups is 1. The molecule has 104 valence electrons. The molecule has 0 amide bonds. The van der Waals surface area contributed by atoms with Gasteiger partial charge in [0.2, 0.25) is 0 Å². The Balaban J connectivity index is 2.26. The minimum Gasteiger partial charge on any atom is -0.454 e. The Morgan fingerprint density at radius 3 is 2.55 bits per heavy atom. The van der Waals surface area contributed by atoms with Crippen LogP contribution < -0.4 is 4.74 Å². The first-order valence-electron chi connectivity index (χ1n) is 5.47. The van der Waals surface area contributed by atoms with Gasteiger partial charge < -0.3 is 4.74 Å². The molecular formula is C13H8Cl2FNO3. The van der Waals surface area contributed by atoms with E-state index < -0.39 is 10.7 Å². The van der Waals surface area contributed by atoms with Crippen molar-refractivity contribution in [1.29, 1.82) is 0 Å². The highest BCUT2D eigenvalue weighted by Crippen LogP contribution is 2.32. The average Bonchev–Trinajstić information content (AvgIpc) is 2.40. The Morgan fingerprint density at radius 1 is 1.25 bits per heavy atom. The largest absolute Gasteiger partial charge is 0.454 e. The van der Waals surface area contributed by atoms with Crippen LogP contribution in [0.25, 0.3) is 0 Å². The monoisotopic (exact) mass is 315 g/mol. The van der Waals surface area contributed by atoms with E-state index in [0.29, 0.717) is 5.56 Å². The van der Waals surface area contributed by atoms with Gasteiger partial charge in [-0.3, -0.25) is 10.1 Å². The van der Waals surface area contributed by atoms with Crippen LogP contribution in [0.4, 0.5) is 10.1 Å². The van der Waals surface area contributed by atoms with E-state index in [1.807, 2.05) is 0 Å². The fourth-order valence-corrected chi connectivity index (χ4v) is 1.94. The molecule has 4 nitrogen and oxygen atoms in total. The summed E-state index contributed by atoms with van der Waals surface area (Å²) >= 11 is 11.3. The summed E-state index contributed by atoms with van der Waals surface area (Å²) in [5, 5.41) is 10.5. The molecule has 0 atom stereocenters. The second-order valence-corrected chi connectivity index (χ2v) is 4.55. The van der Waals surface area contributed by atoms with Crippen molar-refractivity contribution in [2.45, 2.75) is 5.88 Å². The van der Waals surface area contributed by atoms with Crippen LogP contribution in [0.2, 0.25) is 5.02 Å². The number of alkyl halides is 1. The van der Waals surface area contributed by atoms with Crippen LogP contribution >= 0.6 is 23.2 Å². The molecule has 0 spiro atoms. The van der Waals surface area contributed by atoms with E-state index in [0.717, 1.165) is 0 Å². The van der Waals surface area contributed by atoms with Gasteiger partial charge in [-0.05, 0) is 23.8 Å². The average molecular weight is 316 g/mol. The van der Waals surface area contributed by atoms with Gasteiger partial charge in [-0.15, -0.1) is 11.6 Å². The number of hydrogen-bond acceptors (Lipinski definition) is 3. The molecule has 0 aromatic heterocycles. The molecule has 0 radical (unpaired) electrons. The molecular weight excluding hydrogens is 308 g/mol. The number of nitro benzene ring substituents is 1. The van der Waals surface area contributed by atoms with Gasteiger partial charge >= 0.3 is 0 Å². The maximum atomic E-state index is 13.7. The normalized spacial score (nSPS) is 10.3. The Bertz CT molecular complexity index is 664. The third-order valence-corrected chi connectivity index (χ3v) is 3.11. The van der Waals surface area contributed by atoms with Gasteiger partial charge in [0.25, 0.3) is 5.69 Å². The molecule has 2 aromatic rings. The van der Waals surface area contributed by atoms with Crippen LogP contribution in [-0.4, -0.2) is 4.92 Å². The van der Waals surface area contributed by atoms with Gasteiger partial charge in [-0.2, -0.15) is 0 Å². The number of ether oxygens (including phenoxy) is 1. The fraction of sp³-hybridized carbons (Fsp3) is 0.0769. The van der Waals surface area contributed by atoms with E-state index in [-0.39, 0.29) is 28.1 Å². The van der Waals surface area contributed by atoms with Gasteiger partial charge in [-0.1, -0.05) is 17.7 Å². The zero-order valence-corrected chi connectivity index (χ0v) is 11.5. The summed E-state index contributed by atoms with van der Waals surface area (Å²) in [4.78, 5) is 10.0. The lowest BCUT2D eigenvalue weighted by atomic mass is 10.2. The molecule has 0 unspecified atom stereocenters. The topological polar surface area (TPSA) is 52.4 Å². The first kappa shape index (κ1) is 14.6. The van der Waals surface area contributed by atoms with Crippen molar-refractivity contribution in [2.24, 2.45) is 0 Å². The maximum absolute atomic E-state index is 13.7. The molecule has 0 aliphatic carbocycles. The van der Waals surface area contributed by atoms with E-state index in [2.05, 4.69) is 0 Å². The van der Waals surface area contributed by atoms with E-state index in [1.54, 1.807) is 6.07 Å². The molecule has 7 heteroatoms. The van der Waals surface area contributed by atoms with Crippen LogP contribution in [-0.2, 0) is 5.88 Å². The summed E-state index contributed by atoms with van der Waals surface area (Å²) in [6.07, 6.45) is 0. The smallest absolute Gasteiger partial charge is 0.288 e. The van der Waals surface area contributed by atoms with E-state index >= 15 is 0 Å². The maximum Gasteiger partial charge on any atom is 0.288 e. The fourth-order valence-electron chi connectivity index (χ4n) is 1.54. The van der Waals surface area contributed by atoms with Gasteiger partial charge in [0.05, 0.1) is 4.92 Å². The van der Waals surface area contributed by atoms with Crippen LogP contribution in [0.5, 0.6) is 11.5 Å². The third-order valence-electron chi connectivity index (χ3n) is 2.49. The zero-order chi connectivity index (χ0) is 14.7. The van der Waals surface area contributed by atoms with Crippen LogP contribution in [0.15, 0.2) is 36.4 Å². The standard InChI is InChI=1S/C13H8Cl2FNO3/c14-7-8-1-4-13(11(16)5-8)20-9-2-3-12(17(18)19)10(15)6-9/h1-6H,7H2. The Labute approximate surface area is 123 Å². The summed E-state index contributed by atoms with van der Waals surface area (Å²) in [6.45, 7) is 0. The minimum atomic E-state index is -0.609. The van der Waals surface area contributed by atoms with Crippen molar-refractivity contribution in [1.82, 2.24) is 0 Å². The lowest BCUT2D eigenvalue weighted by molar-refractivity contribution is -0.384. The molecule has 0 N–H and O–H groups in total. The molecule has 0 aliphatic heterocycles. The quantitative estimate of drug-likeness (QED) is 0.457. The summed E-state index contributed by atoms with van der Waals surface area (Å²) in [7, 11) is 0. The number of nitrogens with zero attached hydrogens (tertiary/aromatic N) is 1.